The number of terminal acetylenes is 1. The number of nitrogens with one attached hydrogen (secondary N) is 1. The Morgan fingerprint density at radius 1 is 1.56 bits per heavy atom. The summed E-state index contributed by atoms with van der Waals surface area (Å²) in [5.74, 6) is 3.20. The smallest absolute Gasteiger partial charge is 0.270 e. The SMILES string of the molecule is C#CCCCOc1ccc([N+](=O)[O-])cc1CNC. The Bertz CT molecular complexity index is 452. The van der Waals surface area contributed by atoms with Crippen LogP contribution in [0.5, 0.6) is 5.75 Å². The fourth-order valence-corrected chi connectivity index (χ4v) is 1.51. The van der Waals surface area contributed by atoms with Crippen molar-refractivity contribution in [1.82, 2.24) is 5.32 Å². The first-order valence-electron chi connectivity index (χ1n) is 5.67. The summed E-state index contributed by atoms with van der Waals surface area (Å²) in [5, 5.41) is 13.6. The van der Waals surface area contributed by atoms with Gasteiger partial charge in [-0.1, -0.05) is 0 Å². The molecule has 96 valence electrons. The number of nitro benzene ring substituents is 1. The monoisotopic (exact) mass is 248 g/mol. The molecule has 0 saturated carbocycles. The maximum absolute atomic E-state index is 10.7. The summed E-state index contributed by atoms with van der Waals surface area (Å²) < 4.78 is 5.57. The van der Waals surface area contributed by atoms with E-state index in [0.717, 1.165) is 12.0 Å². The summed E-state index contributed by atoms with van der Waals surface area (Å²) in [6, 6.07) is 4.59. The summed E-state index contributed by atoms with van der Waals surface area (Å²) in [7, 11) is 1.78. The molecular formula is C13H16N2O3. The third-order valence-electron chi connectivity index (χ3n) is 2.35. The lowest BCUT2D eigenvalue weighted by molar-refractivity contribution is -0.384. The van der Waals surface area contributed by atoms with Crippen molar-refractivity contribution < 1.29 is 9.66 Å². The number of hydrogen-bond donors (Lipinski definition) is 1. The summed E-state index contributed by atoms with van der Waals surface area (Å²) in [5.41, 5.74) is 0.837. The quantitative estimate of drug-likeness (QED) is 0.347. The molecule has 0 saturated heterocycles. The van der Waals surface area contributed by atoms with Crippen LogP contribution in [0.1, 0.15) is 18.4 Å². The van der Waals surface area contributed by atoms with Gasteiger partial charge in [-0.2, -0.15) is 0 Å². The Kier molecular flexibility index (Phi) is 5.68. The lowest BCUT2D eigenvalue weighted by Crippen LogP contribution is -2.08. The van der Waals surface area contributed by atoms with Gasteiger partial charge in [0.15, 0.2) is 0 Å². The van der Waals surface area contributed by atoms with Crippen LogP contribution in [0, 0.1) is 22.5 Å². The van der Waals surface area contributed by atoms with Gasteiger partial charge in [-0.15, -0.1) is 12.3 Å². The van der Waals surface area contributed by atoms with Crippen LogP contribution >= 0.6 is 0 Å². The van der Waals surface area contributed by atoms with E-state index in [1.807, 2.05) is 0 Å². The van der Waals surface area contributed by atoms with Gasteiger partial charge in [0.1, 0.15) is 5.75 Å². The predicted molar refractivity (Wildman–Crippen MR) is 69.4 cm³/mol. The fraction of sp³-hybridized carbons (Fsp3) is 0.385. The molecule has 0 aromatic heterocycles. The predicted octanol–water partition coefficient (Wildman–Crippen LogP) is 2.11. The summed E-state index contributed by atoms with van der Waals surface area (Å²) in [6.07, 6.45) is 6.58. The minimum atomic E-state index is -0.415. The number of nitrogens with zero attached hydrogens (tertiary/aromatic N) is 1. The van der Waals surface area contributed by atoms with Crippen LogP contribution in [0.25, 0.3) is 0 Å². The van der Waals surface area contributed by atoms with E-state index in [-0.39, 0.29) is 5.69 Å². The van der Waals surface area contributed by atoms with E-state index in [4.69, 9.17) is 11.2 Å². The van der Waals surface area contributed by atoms with Crippen LogP contribution < -0.4 is 10.1 Å². The minimum absolute atomic E-state index is 0.0659. The van der Waals surface area contributed by atoms with E-state index in [1.165, 1.54) is 12.1 Å². The molecule has 0 aliphatic rings. The minimum Gasteiger partial charge on any atom is -0.493 e. The Morgan fingerprint density at radius 2 is 2.33 bits per heavy atom. The highest BCUT2D eigenvalue weighted by Crippen LogP contribution is 2.24. The zero-order valence-electron chi connectivity index (χ0n) is 10.3. The van der Waals surface area contributed by atoms with Crippen molar-refractivity contribution in [2.75, 3.05) is 13.7 Å². The number of ether oxygens (including phenoxy) is 1. The second-order valence-electron chi connectivity index (χ2n) is 3.74. The van der Waals surface area contributed by atoms with Crippen molar-refractivity contribution in [2.45, 2.75) is 19.4 Å². The van der Waals surface area contributed by atoms with E-state index in [0.29, 0.717) is 25.3 Å². The van der Waals surface area contributed by atoms with Crippen LogP contribution in [-0.2, 0) is 6.54 Å². The van der Waals surface area contributed by atoms with Crippen molar-refractivity contribution in [3.8, 4) is 18.1 Å². The van der Waals surface area contributed by atoms with E-state index in [1.54, 1.807) is 13.1 Å². The van der Waals surface area contributed by atoms with E-state index in [2.05, 4.69) is 11.2 Å². The number of non-ortho nitro benzene ring substituents is 1. The molecular weight excluding hydrogens is 232 g/mol. The third-order valence-corrected chi connectivity index (χ3v) is 2.35. The van der Waals surface area contributed by atoms with Gasteiger partial charge in [-0.3, -0.25) is 10.1 Å². The lowest BCUT2D eigenvalue weighted by Gasteiger charge is -2.10. The first-order chi connectivity index (χ1) is 8.69. The molecule has 1 aromatic carbocycles. The highest BCUT2D eigenvalue weighted by Gasteiger charge is 2.11. The van der Waals surface area contributed by atoms with Gasteiger partial charge >= 0.3 is 0 Å². The molecule has 1 aromatic rings. The van der Waals surface area contributed by atoms with Gasteiger partial charge in [-0.25, -0.2) is 0 Å². The van der Waals surface area contributed by atoms with Crippen molar-refractivity contribution in [3.63, 3.8) is 0 Å². The van der Waals surface area contributed by atoms with Crippen LogP contribution in [0.2, 0.25) is 0 Å². The normalized spacial score (nSPS) is 9.78. The molecule has 0 spiro atoms. The highest BCUT2D eigenvalue weighted by atomic mass is 16.6. The second-order valence-corrected chi connectivity index (χ2v) is 3.74. The third kappa shape index (κ3) is 4.07. The molecule has 0 amide bonds. The average Bonchev–Trinajstić information content (AvgIpc) is 2.36. The maximum Gasteiger partial charge on any atom is 0.270 e. The van der Waals surface area contributed by atoms with E-state index >= 15 is 0 Å². The van der Waals surface area contributed by atoms with Gasteiger partial charge in [0.25, 0.3) is 5.69 Å². The molecule has 1 N–H and O–H groups in total. The molecule has 0 unspecified atom stereocenters. The van der Waals surface area contributed by atoms with Crippen LogP contribution in [0.15, 0.2) is 18.2 Å². The average molecular weight is 248 g/mol. The second kappa shape index (κ2) is 7.30. The van der Waals surface area contributed by atoms with Gasteiger partial charge in [-0.05, 0) is 19.5 Å². The standard InChI is InChI=1S/C13H16N2O3/c1-3-4-5-8-18-13-7-6-12(15(16)17)9-11(13)10-14-2/h1,6-7,9,14H,4-5,8,10H2,2H3. The number of hydrogen-bond acceptors (Lipinski definition) is 4. The number of benzene rings is 1. The van der Waals surface area contributed by atoms with Gasteiger partial charge in [0.2, 0.25) is 0 Å². The molecule has 0 bridgehead atoms. The first kappa shape index (κ1) is 14.0. The molecule has 0 heterocycles. The van der Waals surface area contributed by atoms with Crippen molar-refractivity contribution in [3.05, 3.63) is 33.9 Å². The summed E-state index contributed by atoms with van der Waals surface area (Å²) in [6.45, 7) is 1.03. The molecule has 5 nitrogen and oxygen atoms in total. The highest BCUT2D eigenvalue weighted by molar-refractivity contribution is 5.43. The lowest BCUT2D eigenvalue weighted by atomic mass is 10.1. The van der Waals surface area contributed by atoms with Crippen LogP contribution in [-0.4, -0.2) is 18.6 Å². The van der Waals surface area contributed by atoms with Gasteiger partial charge in [0.05, 0.1) is 11.5 Å². The molecule has 0 atom stereocenters. The topological polar surface area (TPSA) is 64.4 Å². The number of nitro groups is 1. The number of unbranched alkanes of at least 4 members (excludes halogenated alkanes) is 1. The Labute approximate surface area is 106 Å². The van der Waals surface area contributed by atoms with E-state index < -0.39 is 4.92 Å². The zero-order valence-corrected chi connectivity index (χ0v) is 10.3. The fourth-order valence-electron chi connectivity index (χ4n) is 1.51. The largest absolute Gasteiger partial charge is 0.493 e. The van der Waals surface area contributed by atoms with Gasteiger partial charge in [0, 0.05) is 30.7 Å². The maximum atomic E-state index is 10.7. The van der Waals surface area contributed by atoms with Crippen LogP contribution in [0.3, 0.4) is 0 Å². The van der Waals surface area contributed by atoms with Gasteiger partial charge < -0.3 is 10.1 Å². The molecule has 0 radical (unpaired) electrons. The molecule has 5 heteroatoms. The van der Waals surface area contributed by atoms with Crippen molar-refractivity contribution in [1.29, 1.82) is 0 Å². The molecule has 1 rings (SSSR count). The molecule has 0 aliphatic heterocycles. The Morgan fingerprint density at radius 3 is 2.94 bits per heavy atom. The summed E-state index contributed by atoms with van der Waals surface area (Å²) in [4.78, 5) is 10.3. The first-order valence-corrected chi connectivity index (χ1v) is 5.67. The molecule has 18 heavy (non-hydrogen) atoms. The van der Waals surface area contributed by atoms with Crippen molar-refractivity contribution in [2.24, 2.45) is 0 Å². The molecule has 0 fully saturated rings. The van der Waals surface area contributed by atoms with E-state index in [9.17, 15) is 10.1 Å². The van der Waals surface area contributed by atoms with Crippen LogP contribution in [0.4, 0.5) is 5.69 Å². The van der Waals surface area contributed by atoms with Crippen molar-refractivity contribution >= 4 is 5.69 Å². The zero-order chi connectivity index (χ0) is 13.4. The molecule has 0 aliphatic carbocycles. The number of rotatable bonds is 7. The Balaban J connectivity index is 2.76. The Hall–Kier alpha value is -2.06. The summed E-state index contributed by atoms with van der Waals surface area (Å²) >= 11 is 0.